The minimum absolute atomic E-state index is 0.0224. The van der Waals surface area contributed by atoms with Crippen LogP contribution in [0.25, 0.3) is 0 Å². The molecule has 1 unspecified atom stereocenters. The molecule has 0 aliphatic carbocycles. The summed E-state index contributed by atoms with van der Waals surface area (Å²) in [5, 5.41) is 2.64. The summed E-state index contributed by atoms with van der Waals surface area (Å²) in [6.45, 7) is -0.0506. The van der Waals surface area contributed by atoms with Crippen molar-refractivity contribution >= 4 is 17.9 Å². The molecule has 1 atom stereocenters. The molecule has 3 amide bonds. The summed E-state index contributed by atoms with van der Waals surface area (Å²) in [4.78, 5) is 36.9. The Morgan fingerprint density at radius 3 is 2.65 bits per heavy atom. The Kier molecular flexibility index (Phi) is 3.84. The van der Waals surface area contributed by atoms with E-state index in [-0.39, 0.29) is 18.2 Å². The van der Waals surface area contributed by atoms with Crippen molar-refractivity contribution < 1.29 is 23.5 Å². The number of methoxy groups -OCH3 is 1. The van der Waals surface area contributed by atoms with Crippen LogP contribution >= 0.6 is 0 Å². The number of hydrogen-bond donors (Lipinski definition) is 1. The van der Waals surface area contributed by atoms with Crippen LogP contribution in [0.3, 0.4) is 0 Å². The van der Waals surface area contributed by atoms with Gasteiger partial charge < -0.3 is 14.5 Å². The lowest BCUT2D eigenvalue weighted by atomic mass is 10.1. The highest BCUT2D eigenvalue weighted by Crippen LogP contribution is 2.23. The first-order valence-electron chi connectivity index (χ1n) is 6.94. The number of carbonyl (C=O) groups is 3. The van der Waals surface area contributed by atoms with Gasteiger partial charge >= 0.3 is 12.0 Å². The molecule has 2 aromatic rings. The number of urea groups is 1. The Bertz CT molecular complexity index is 753. The second-order valence-electron chi connectivity index (χ2n) is 4.98. The van der Waals surface area contributed by atoms with Gasteiger partial charge in [-0.05, 0) is 17.7 Å². The monoisotopic (exact) mass is 314 g/mol. The number of carbonyl (C=O) groups excluding carboxylic acids is 3. The van der Waals surface area contributed by atoms with Crippen LogP contribution in [0, 0.1) is 0 Å². The third-order valence-electron chi connectivity index (χ3n) is 3.52. The van der Waals surface area contributed by atoms with Crippen LogP contribution in [0.1, 0.15) is 27.9 Å². The molecule has 7 nitrogen and oxygen atoms in total. The molecular weight excluding hydrogens is 300 g/mol. The van der Waals surface area contributed by atoms with Crippen molar-refractivity contribution in [2.75, 3.05) is 7.11 Å². The highest BCUT2D eigenvalue weighted by atomic mass is 16.5. The number of nitrogens with zero attached hydrogens (tertiary/aromatic N) is 1. The first kappa shape index (κ1) is 14.8. The smallest absolute Gasteiger partial charge is 0.373 e. The maximum atomic E-state index is 12.4. The molecule has 1 N–H and O–H groups in total. The van der Waals surface area contributed by atoms with E-state index in [9.17, 15) is 14.4 Å². The lowest BCUT2D eigenvalue weighted by Gasteiger charge is -2.11. The molecule has 0 spiro atoms. The maximum absolute atomic E-state index is 12.4. The molecule has 0 radical (unpaired) electrons. The first-order chi connectivity index (χ1) is 11.1. The van der Waals surface area contributed by atoms with E-state index in [1.54, 1.807) is 24.3 Å². The van der Waals surface area contributed by atoms with E-state index in [2.05, 4.69) is 10.1 Å². The SMILES string of the molecule is COC(=O)c1ccc(CN2C(=O)NC(c3ccccc3)C2=O)o1. The fourth-order valence-corrected chi connectivity index (χ4v) is 2.37. The van der Waals surface area contributed by atoms with Gasteiger partial charge in [-0.25, -0.2) is 9.59 Å². The van der Waals surface area contributed by atoms with Gasteiger partial charge in [0.1, 0.15) is 11.8 Å². The van der Waals surface area contributed by atoms with Gasteiger partial charge in [0.15, 0.2) is 0 Å². The highest BCUT2D eigenvalue weighted by molar-refractivity contribution is 6.04. The second kappa shape index (κ2) is 5.96. The molecule has 1 saturated heterocycles. The zero-order valence-corrected chi connectivity index (χ0v) is 12.3. The number of nitrogens with one attached hydrogen (secondary N) is 1. The molecule has 1 aliphatic rings. The van der Waals surface area contributed by atoms with Crippen LogP contribution in [0.4, 0.5) is 4.79 Å². The van der Waals surface area contributed by atoms with E-state index in [0.29, 0.717) is 11.3 Å². The lowest BCUT2D eigenvalue weighted by molar-refractivity contribution is -0.128. The van der Waals surface area contributed by atoms with Crippen molar-refractivity contribution in [3.63, 3.8) is 0 Å². The molecule has 118 valence electrons. The van der Waals surface area contributed by atoms with E-state index < -0.39 is 18.0 Å². The number of esters is 1. The van der Waals surface area contributed by atoms with Crippen molar-refractivity contribution in [3.8, 4) is 0 Å². The Morgan fingerprint density at radius 2 is 1.96 bits per heavy atom. The predicted octanol–water partition coefficient (Wildman–Crippen LogP) is 1.86. The number of imide groups is 1. The van der Waals surface area contributed by atoms with Crippen LogP contribution in [-0.2, 0) is 16.1 Å². The molecule has 3 rings (SSSR count). The zero-order valence-electron chi connectivity index (χ0n) is 12.3. The van der Waals surface area contributed by atoms with Gasteiger partial charge in [0.2, 0.25) is 5.76 Å². The van der Waals surface area contributed by atoms with E-state index in [1.807, 2.05) is 6.07 Å². The maximum Gasteiger partial charge on any atom is 0.373 e. The fraction of sp³-hybridized carbons (Fsp3) is 0.188. The van der Waals surface area contributed by atoms with Crippen LogP contribution in [0.15, 0.2) is 46.9 Å². The number of furan rings is 1. The summed E-state index contributed by atoms with van der Waals surface area (Å²) in [6.07, 6.45) is 0. The molecule has 1 aromatic heterocycles. The molecule has 1 fully saturated rings. The van der Waals surface area contributed by atoms with Gasteiger partial charge in [0.25, 0.3) is 5.91 Å². The average molecular weight is 314 g/mol. The predicted molar refractivity (Wildman–Crippen MR) is 78.3 cm³/mol. The minimum atomic E-state index is -0.710. The molecule has 7 heteroatoms. The standard InChI is InChI=1S/C16H14N2O5/c1-22-15(20)12-8-7-11(23-12)9-18-14(19)13(17-16(18)21)10-5-3-2-4-6-10/h2-8,13H,9H2,1H3,(H,17,21). The first-order valence-corrected chi connectivity index (χ1v) is 6.94. The van der Waals surface area contributed by atoms with Gasteiger partial charge in [-0.2, -0.15) is 0 Å². The summed E-state index contributed by atoms with van der Waals surface area (Å²) in [5.41, 5.74) is 0.711. The summed E-state index contributed by atoms with van der Waals surface area (Å²) in [5.74, 6) is -0.635. The molecule has 0 bridgehead atoms. The van der Waals surface area contributed by atoms with Crippen LogP contribution < -0.4 is 5.32 Å². The number of rotatable bonds is 4. The molecule has 1 aromatic carbocycles. The van der Waals surface area contributed by atoms with Gasteiger partial charge in [-0.1, -0.05) is 30.3 Å². The number of benzene rings is 1. The Balaban J connectivity index is 1.76. The number of ether oxygens (including phenoxy) is 1. The molecule has 1 aliphatic heterocycles. The molecule has 0 saturated carbocycles. The van der Waals surface area contributed by atoms with Crippen LogP contribution in [0.5, 0.6) is 0 Å². The zero-order chi connectivity index (χ0) is 16.4. The average Bonchev–Trinajstić information content (AvgIpc) is 3.15. The van der Waals surface area contributed by atoms with E-state index in [0.717, 1.165) is 4.90 Å². The van der Waals surface area contributed by atoms with Crippen molar-refractivity contribution in [2.45, 2.75) is 12.6 Å². The van der Waals surface area contributed by atoms with Crippen molar-refractivity contribution in [1.29, 1.82) is 0 Å². The Labute approximate surface area is 131 Å². The largest absolute Gasteiger partial charge is 0.463 e. The summed E-state index contributed by atoms with van der Waals surface area (Å²) in [6, 6.07) is 10.7. The van der Waals surface area contributed by atoms with Crippen LogP contribution in [0.2, 0.25) is 0 Å². The van der Waals surface area contributed by atoms with Gasteiger partial charge in [0.05, 0.1) is 13.7 Å². The quantitative estimate of drug-likeness (QED) is 0.687. The normalized spacial score (nSPS) is 17.3. The summed E-state index contributed by atoms with van der Waals surface area (Å²) >= 11 is 0. The number of hydrogen-bond acceptors (Lipinski definition) is 5. The van der Waals surface area contributed by atoms with Gasteiger partial charge in [0, 0.05) is 0 Å². The summed E-state index contributed by atoms with van der Waals surface area (Å²) in [7, 11) is 1.24. The van der Waals surface area contributed by atoms with Gasteiger partial charge in [-0.3, -0.25) is 9.69 Å². The van der Waals surface area contributed by atoms with Crippen molar-refractivity contribution in [3.05, 3.63) is 59.5 Å². The van der Waals surface area contributed by atoms with E-state index in [4.69, 9.17) is 4.42 Å². The third kappa shape index (κ3) is 2.80. The van der Waals surface area contributed by atoms with E-state index in [1.165, 1.54) is 19.2 Å². The van der Waals surface area contributed by atoms with Crippen LogP contribution in [-0.4, -0.2) is 29.9 Å². The minimum Gasteiger partial charge on any atom is -0.463 e. The third-order valence-corrected chi connectivity index (χ3v) is 3.52. The van der Waals surface area contributed by atoms with Crippen molar-refractivity contribution in [1.82, 2.24) is 10.2 Å². The lowest BCUT2D eigenvalue weighted by Crippen LogP contribution is -2.30. The van der Waals surface area contributed by atoms with Crippen molar-refractivity contribution in [2.24, 2.45) is 0 Å². The fourth-order valence-electron chi connectivity index (χ4n) is 2.37. The Morgan fingerprint density at radius 1 is 1.22 bits per heavy atom. The van der Waals surface area contributed by atoms with E-state index >= 15 is 0 Å². The second-order valence-corrected chi connectivity index (χ2v) is 4.98. The highest BCUT2D eigenvalue weighted by Gasteiger charge is 2.39. The molecule has 2 heterocycles. The molecular formula is C16H14N2O5. The topological polar surface area (TPSA) is 88.9 Å². The number of amides is 3. The summed E-state index contributed by atoms with van der Waals surface area (Å²) < 4.78 is 9.83. The van der Waals surface area contributed by atoms with Gasteiger partial charge in [-0.15, -0.1) is 0 Å². The Hall–Kier alpha value is -3.09. The molecule has 23 heavy (non-hydrogen) atoms.